The Bertz CT molecular complexity index is 626. The van der Waals surface area contributed by atoms with Crippen LogP contribution in [0, 0.1) is 5.82 Å². The fraction of sp³-hybridized carbons (Fsp3) is 0.429. The van der Waals surface area contributed by atoms with Crippen LogP contribution in [0.4, 0.5) is 4.39 Å². The van der Waals surface area contributed by atoms with E-state index in [2.05, 4.69) is 20.1 Å². The molecule has 1 aromatic heterocycles. The number of halogens is 2. The number of fused-ring (bicyclic) bond motifs is 1. The van der Waals surface area contributed by atoms with Crippen LogP contribution in [-0.2, 0) is 19.5 Å². The van der Waals surface area contributed by atoms with Gasteiger partial charge in [-0.1, -0.05) is 17.7 Å². The maximum absolute atomic E-state index is 13.4. The maximum atomic E-state index is 13.4. The lowest BCUT2D eigenvalue weighted by Gasteiger charge is -2.14. The van der Waals surface area contributed by atoms with E-state index in [-0.39, 0.29) is 16.9 Å². The van der Waals surface area contributed by atoms with Gasteiger partial charge in [-0.05, 0) is 31.0 Å². The highest BCUT2D eigenvalue weighted by Gasteiger charge is 2.20. The van der Waals surface area contributed by atoms with E-state index in [1.165, 1.54) is 6.07 Å². The summed E-state index contributed by atoms with van der Waals surface area (Å²) in [6.07, 6.45) is 2.13. The van der Waals surface area contributed by atoms with Crippen LogP contribution in [0.2, 0.25) is 5.02 Å². The summed E-state index contributed by atoms with van der Waals surface area (Å²) in [5.74, 6) is 1.63. The third-order valence-electron chi connectivity index (χ3n) is 3.62. The number of hydrogen-bond donors (Lipinski definition) is 1. The average Bonchev–Trinajstić information content (AvgIpc) is 3.02. The summed E-state index contributed by atoms with van der Waals surface area (Å²) in [6, 6.07) is 4.93. The van der Waals surface area contributed by atoms with Crippen molar-refractivity contribution in [3.63, 3.8) is 0 Å². The van der Waals surface area contributed by atoms with Crippen LogP contribution in [0.1, 0.15) is 36.6 Å². The SMILES string of the molecule is CC(NCc1ccc(Cl)c(F)c1)c1nnc2n1CCC2. The molecule has 20 heavy (non-hydrogen) atoms. The zero-order chi connectivity index (χ0) is 14.1. The normalized spacial score (nSPS) is 15.3. The van der Waals surface area contributed by atoms with Gasteiger partial charge >= 0.3 is 0 Å². The quantitative estimate of drug-likeness (QED) is 0.943. The lowest BCUT2D eigenvalue weighted by atomic mass is 10.2. The summed E-state index contributed by atoms with van der Waals surface area (Å²) in [7, 11) is 0. The Kier molecular flexibility index (Phi) is 3.72. The molecule has 0 amide bonds. The van der Waals surface area contributed by atoms with Crippen molar-refractivity contribution in [3.8, 4) is 0 Å². The van der Waals surface area contributed by atoms with E-state index in [0.29, 0.717) is 6.54 Å². The first-order valence-corrected chi connectivity index (χ1v) is 7.12. The van der Waals surface area contributed by atoms with Gasteiger partial charge in [-0.25, -0.2) is 4.39 Å². The van der Waals surface area contributed by atoms with Gasteiger partial charge in [-0.15, -0.1) is 10.2 Å². The summed E-state index contributed by atoms with van der Waals surface area (Å²) in [5, 5.41) is 11.9. The number of nitrogens with zero attached hydrogens (tertiary/aromatic N) is 3. The lowest BCUT2D eigenvalue weighted by Crippen LogP contribution is -2.21. The molecule has 0 radical (unpaired) electrons. The van der Waals surface area contributed by atoms with Crippen molar-refractivity contribution in [2.45, 2.75) is 38.9 Å². The van der Waals surface area contributed by atoms with E-state index in [9.17, 15) is 4.39 Å². The second kappa shape index (κ2) is 5.50. The third-order valence-corrected chi connectivity index (χ3v) is 3.93. The minimum atomic E-state index is -0.387. The van der Waals surface area contributed by atoms with Gasteiger partial charge in [-0.2, -0.15) is 0 Å². The van der Waals surface area contributed by atoms with Crippen molar-refractivity contribution in [2.75, 3.05) is 0 Å². The monoisotopic (exact) mass is 294 g/mol. The molecule has 106 valence electrons. The summed E-state index contributed by atoms with van der Waals surface area (Å²) >= 11 is 5.67. The van der Waals surface area contributed by atoms with E-state index in [0.717, 1.165) is 36.6 Å². The molecule has 0 spiro atoms. The second-order valence-electron chi connectivity index (χ2n) is 5.08. The molecule has 0 saturated heterocycles. The molecule has 2 aromatic rings. The fourth-order valence-corrected chi connectivity index (χ4v) is 2.62. The molecule has 1 N–H and O–H groups in total. The highest BCUT2D eigenvalue weighted by atomic mass is 35.5. The molecule has 2 heterocycles. The summed E-state index contributed by atoms with van der Waals surface area (Å²) < 4.78 is 15.5. The van der Waals surface area contributed by atoms with E-state index in [4.69, 9.17) is 11.6 Å². The topological polar surface area (TPSA) is 42.7 Å². The van der Waals surface area contributed by atoms with Crippen molar-refractivity contribution in [1.82, 2.24) is 20.1 Å². The fourth-order valence-electron chi connectivity index (χ4n) is 2.51. The van der Waals surface area contributed by atoms with Crippen LogP contribution in [0.15, 0.2) is 18.2 Å². The predicted octanol–water partition coefficient (Wildman–Crippen LogP) is 2.87. The second-order valence-corrected chi connectivity index (χ2v) is 5.49. The number of benzene rings is 1. The smallest absolute Gasteiger partial charge is 0.149 e. The van der Waals surface area contributed by atoms with E-state index >= 15 is 0 Å². The first-order valence-electron chi connectivity index (χ1n) is 6.74. The summed E-state index contributed by atoms with van der Waals surface area (Å²) in [6.45, 7) is 3.60. The first kappa shape index (κ1) is 13.5. The zero-order valence-electron chi connectivity index (χ0n) is 11.2. The Labute approximate surface area is 122 Å². The van der Waals surface area contributed by atoms with Gasteiger partial charge in [-0.3, -0.25) is 0 Å². The number of nitrogens with one attached hydrogen (secondary N) is 1. The van der Waals surface area contributed by atoms with Crippen LogP contribution in [-0.4, -0.2) is 14.8 Å². The Balaban J connectivity index is 1.67. The molecule has 0 aliphatic carbocycles. The van der Waals surface area contributed by atoms with Gasteiger partial charge in [0.2, 0.25) is 0 Å². The third kappa shape index (κ3) is 2.55. The van der Waals surface area contributed by atoms with Crippen LogP contribution in [0.3, 0.4) is 0 Å². The molecule has 0 saturated carbocycles. The zero-order valence-corrected chi connectivity index (χ0v) is 12.0. The standard InChI is InChI=1S/C14H16ClFN4/c1-9(14-19-18-13-3-2-6-20(13)14)17-8-10-4-5-11(15)12(16)7-10/h4-5,7,9,17H,2-3,6,8H2,1H3. The molecule has 0 bridgehead atoms. The number of aryl methyl sites for hydroxylation is 1. The molecule has 1 atom stereocenters. The molecule has 1 aromatic carbocycles. The predicted molar refractivity (Wildman–Crippen MR) is 75.0 cm³/mol. The molecule has 1 aliphatic heterocycles. The van der Waals surface area contributed by atoms with Gasteiger partial charge < -0.3 is 9.88 Å². The van der Waals surface area contributed by atoms with Crippen molar-refractivity contribution in [2.24, 2.45) is 0 Å². The Morgan fingerprint density at radius 1 is 1.45 bits per heavy atom. The molecule has 1 aliphatic rings. The van der Waals surface area contributed by atoms with Gasteiger partial charge in [0.25, 0.3) is 0 Å². The maximum Gasteiger partial charge on any atom is 0.149 e. The largest absolute Gasteiger partial charge is 0.314 e. The minimum Gasteiger partial charge on any atom is -0.314 e. The highest BCUT2D eigenvalue weighted by Crippen LogP contribution is 2.20. The molecule has 6 heteroatoms. The van der Waals surface area contributed by atoms with E-state index < -0.39 is 0 Å². The molecule has 4 nitrogen and oxygen atoms in total. The Morgan fingerprint density at radius 2 is 2.30 bits per heavy atom. The van der Waals surface area contributed by atoms with Crippen molar-refractivity contribution in [3.05, 3.63) is 46.3 Å². The molecule has 0 fully saturated rings. The first-order chi connectivity index (χ1) is 9.65. The van der Waals surface area contributed by atoms with E-state index in [1.807, 2.05) is 13.0 Å². The lowest BCUT2D eigenvalue weighted by molar-refractivity contribution is 0.514. The number of hydrogen-bond acceptors (Lipinski definition) is 3. The molecular weight excluding hydrogens is 279 g/mol. The van der Waals surface area contributed by atoms with Crippen LogP contribution < -0.4 is 5.32 Å². The summed E-state index contributed by atoms with van der Waals surface area (Å²) in [5.41, 5.74) is 0.861. The van der Waals surface area contributed by atoms with Gasteiger partial charge in [0.05, 0.1) is 11.1 Å². The van der Waals surface area contributed by atoms with E-state index in [1.54, 1.807) is 6.07 Å². The average molecular weight is 295 g/mol. The van der Waals surface area contributed by atoms with Crippen molar-refractivity contribution >= 4 is 11.6 Å². The molecular formula is C14H16ClFN4. The summed E-state index contributed by atoms with van der Waals surface area (Å²) in [4.78, 5) is 0. The molecule has 1 unspecified atom stereocenters. The number of aromatic nitrogens is 3. The van der Waals surface area contributed by atoms with Crippen molar-refractivity contribution < 1.29 is 4.39 Å². The highest BCUT2D eigenvalue weighted by molar-refractivity contribution is 6.30. The van der Waals surface area contributed by atoms with Gasteiger partial charge in [0.1, 0.15) is 17.5 Å². The van der Waals surface area contributed by atoms with Crippen LogP contribution >= 0.6 is 11.6 Å². The van der Waals surface area contributed by atoms with Crippen LogP contribution in [0.25, 0.3) is 0 Å². The van der Waals surface area contributed by atoms with Gasteiger partial charge in [0.15, 0.2) is 0 Å². The van der Waals surface area contributed by atoms with Crippen LogP contribution in [0.5, 0.6) is 0 Å². The minimum absolute atomic E-state index is 0.0769. The number of rotatable bonds is 4. The Hall–Kier alpha value is -1.46. The Morgan fingerprint density at radius 3 is 3.10 bits per heavy atom. The van der Waals surface area contributed by atoms with Crippen molar-refractivity contribution in [1.29, 1.82) is 0 Å². The van der Waals surface area contributed by atoms with Gasteiger partial charge in [0, 0.05) is 19.5 Å². The molecule has 3 rings (SSSR count).